The summed E-state index contributed by atoms with van der Waals surface area (Å²) in [4.78, 5) is 14.1. The highest BCUT2D eigenvalue weighted by molar-refractivity contribution is 5.86. The van der Waals surface area contributed by atoms with Gasteiger partial charge in [0.1, 0.15) is 0 Å². The second-order valence-corrected chi connectivity index (χ2v) is 4.88. The van der Waals surface area contributed by atoms with Crippen LogP contribution in [0.4, 0.5) is 13.2 Å². The number of pyridine rings is 1. The van der Waals surface area contributed by atoms with Crippen LogP contribution in [-0.2, 0) is 6.42 Å². The molecule has 112 valence electrons. The van der Waals surface area contributed by atoms with Gasteiger partial charge < -0.3 is 4.98 Å². The molecule has 0 amide bonds. The van der Waals surface area contributed by atoms with Crippen LogP contribution in [0.3, 0.4) is 0 Å². The van der Waals surface area contributed by atoms with E-state index in [2.05, 4.69) is 4.98 Å². The molecule has 0 radical (unpaired) electrons. The quantitative estimate of drug-likeness (QED) is 0.891. The zero-order chi connectivity index (χ0) is 15.6. The summed E-state index contributed by atoms with van der Waals surface area (Å²) >= 11 is 0. The van der Waals surface area contributed by atoms with Crippen molar-refractivity contribution in [3.05, 3.63) is 51.8 Å². The Morgan fingerprint density at radius 3 is 2.57 bits per heavy atom. The molecule has 1 aromatic carbocycles. The van der Waals surface area contributed by atoms with Gasteiger partial charge in [-0.05, 0) is 42.2 Å². The van der Waals surface area contributed by atoms with E-state index in [1.165, 1.54) is 0 Å². The zero-order valence-corrected chi connectivity index (χ0v) is 11.8. The highest BCUT2D eigenvalue weighted by Crippen LogP contribution is 2.28. The van der Waals surface area contributed by atoms with Gasteiger partial charge in [0, 0.05) is 17.0 Å². The number of halogens is 3. The van der Waals surface area contributed by atoms with E-state index in [-0.39, 0.29) is 5.56 Å². The van der Waals surface area contributed by atoms with Crippen molar-refractivity contribution in [3.8, 4) is 0 Å². The van der Waals surface area contributed by atoms with Crippen molar-refractivity contribution < 1.29 is 13.2 Å². The third-order valence-electron chi connectivity index (χ3n) is 3.42. The summed E-state index contributed by atoms with van der Waals surface area (Å²) in [6.07, 6.45) is -2.71. The number of aromatic nitrogens is 1. The lowest BCUT2D eigenvalue weighted by Crippen LogP contribution is -2.15. The van der Waals surface area contributed by atoms with Gasteiger partial charge in [-0.2, -0.15) is 13.2 Å². The lowest BCUT2D eigenvalue weighted by atomic mass is 9.98. The van der Waals surface area contributed by atoms with Crippen molar-refractivity contribution in [2.45, 2.75) is 32.9 Å². The van der Waals surface area contributed by atoms with E-state index in [1.807, 2.05) is 26.0 Å². The number of hydrogen-bond donors (Lipinski definition) is 1. The number of allylic oxidation sites excluding steroid dienone is 2. The lowest BCUT2D eigenvalue weighted by molar-refractivity contribution is -0.127. The molecular formula is C16H16F3NO. The molecule has 0 bridgehead atoms. The summed E-state index contributed by atoms with van der Waals surface area (Å²) in [6, 6.07) is 6.21. The SMILES string of the molecule is C/C=C(/CC)c1ccc2[nH]c(=O)cc(CC(F)(F)F)c2c1. The first-order chi connectivity index (χ1) is 9.84. The third kappa shape index (κ3) is 3.54. The second-order valence-electron chi connectivity index (χ2n) is 4.88. The average molecular weight is 295 g/mol. The Bertz CT molecular complexity index is 741. The first-order valence-corrected chi connectivity index (χ1v) is 6.72. The lowest BCUT2D eigenvalue weighted by Gasteiger charge is -2.11. The Labute approximate surface area is 120 Å². The summed E-state index contributed by atoms with van der Waals surface area (Å²) in [7, 11) is 0. The van der Waals surface area contributed by atoms with Crippen molar-refractivity contribution in [2.75, 3.05) is 0 Å². The Balaban J connectivity index is 2.66. The van der Waals surface area contributed by atoms with Gasteiger partial charge in [0.2, 0.25) is 5.56 Å². The standard InChI is InChI=1S/C16H16F3NO/c1-3-10(4-2)11-5-6-14-13(7-11)12(8-15(21)20-14)9-16(17,18)19/h3,5-8H,4,9H2,1-2H3,(H,20,21)/b10-3-. The van der Waals surface area contributed by atoms with Crippen LogP contribution in [0.2, 0.25) is 0 Å². The largest absolute Gasteiger partial charge is 0.393 e. The number of aromatic amines is 1. The normalized spacial score (nSPS) is 12.9. The zero-order valence-electron chi connectivity index (χ0n) is 11.8. The molecular weight excluding hydrogens is 279 g/mol. The van der Waals surface area contributed by atoms with Gasteiger partial charge in [0.25, 0.3) is 0 Å². The Morgan fingerprint density at radius 1 is 1.29 bits per heavy atom. The number of fused-ring (bicyclic) bond motifs is 1. The third-order valence-corrected chi connectivity index (χ3v) is 3.42. The maximum atomic E-state index is 12.7. The van der Waals surface area contributed by atoms with E-state index in [0.717, 1.165) is 23.6 Å². The molecule has 21 heavy (non-hydrogen) atoms. The average Bonchev–Trinajstić information content (AvgIpc) is 2.38. The van der Waals surface area contributed by atoms with Crippen molar-refractivity contribution in [1.29, 1.82) is 0 Å². The molecule has 0 atom stereocenters. The molecule has 2 rings (SSSR count). The molecule has 5 heteroatoms. The number of H-pyrrole nitrogens is 1. The summed E-state index contributed by atoms with van der Waals surface area (Å²) in [5, 5.41) is 0.442. The number of benzene rings is 1. The molecule has 0 saturated carbocycles. The monoisotopic (exact) mass is 295 g/mol. The van der Waals surface area contributed by atoms with Crippen molar-refractivity contribution >= 4 is 16.5 Å². The summed E-state index contributed by atoms with van der Waals surface area (Å²) in [6.45, 7) is 3.88. The van der Waals surface area contributed by atoms with E-state index in [4.69, 9.17) is 0 Å². The highest BCUT2D eigenvalue weighted by atomic mass is 19.4. The minimum absolute atomic E-state index is 0.00894. The Kier molecular flexibility index (Phi) is 4.21. The van der Waals surface area contributed by atoms with Crippen LogP contribution in [0.15, 0.2) is 35.1 Å². The van der Waals surface area contributed by atoms with E-state index >= 15 is 0 Å². The van der Waals surface area contributed by atoms with Crippen LogP contribution in [0, 0.1) is 0 Å². The van der Waals surface area contributed by atoms with Crippen LogP contribution < -0.4 is 5.56 Å². The Hall–Kier alpha value is -2.04. The fraction of sp³-hybridized carbons (Fsp3) is 0.312. The van der Waals surface area contributed by atoms with Crippen LogP contribution in [0.5, 0.6) is 0 Å². The van der Waals surface area contributed by atoms with Crippen molar-refractivity contribution in [1.82, 2.24) is 4.98 Å². The van der Waals surface area contributed by atoms with Crippen molar-refractivity contribution in [2.24, 2.45) is 0 Å². The van der Waals surface area contributed by atoms with Crippen LogP contribution in [0.25, 0.3) is 16.5 Å². The van der Waals surface area contributed by atoms with Gasteiger partial charge in [0.05, 0.1) is 6.42 Å². The van der Waals surface area contributed by atoms with Gasteiger partial charge >= 0.3 is 6.18 Å². The molecule has 1 heterocycles. The Morgan fingerprint density at radius 2 is 2.00 bits per heavy atom. The first kappa shape index (κ1) is 15.4. The molecule has 0 unspecified atom stereocenters. The van der Waals surface area contributed by atoms with Crippen LogP contribution in [0.1, 0.15) is 31.4 Å². The second kappa shape index (κ2) is 5.76. The van der Waals surface area contributed by atoms with E-state index in [1.54, 1.807) is 12.1 Å². The predicted octanol–water partition coefficient (Wildman–Crippen LogP) is 4.45. The van der Waals surface area contributed by atoms with E-state index in [0.29, 0.717) is 10.9 Å². The molecule has 1 N–H and O–H groups in total. The maximum Gasteiger partial charge on any atom is 0.393 e. The first-order valence-electron chi connectivity index (χ1n) is 6.72. The summed E-state index contributed by atoms with van der Waals surface area (Å²) < 4.78 is 38.0. The molecule has 0 aliphatic heterocycles. The van der Waals surface area contributed by atoms with Crippen LogP contribution in [-0.4, -0.2) is 11.2 Å². The minimum Gasteiger partial charge on any atom is -0.322 e. The number of hydrogen-bond acceptors (Lipinski definition) is 1. The van der Waals surface area contributed by atoms with Gasteiger partial charge in [-0.15, -0.1) is 0 Å². The predicted molar refractivity (Wildman–Crippen MR) is 78.3 cm³/mol. The van der Waals surface area contributed by atoms with Gasteiger partial charge in [-0.3, -0.25) is 4.79 Å². The molecule has 2 aromatic rings. The fourth-order valence-electron chi connectivity index (χ4n) is 2.46. The molecule has 1 aromatic heterocycles. The molecule has 0 spiro atoms. The smallest absolute Gasteiger partial charge is 0.322 e. The molecule has 0 fully saturated rings. The minimum atomic E-state index is -4.34. The molecule has 2 nitrogen and oxygen atoms in total. The topological polar surface area (TPSA) is 32.9 Å². The van der Waals surface area contributed by atoms with Gasteiger partial charge in [0.15, 0.2) is 0 Å². The van der Waals surface area contributed by atoms with Gasteiger partial charge in [-0.1, -0.05) is 19.1 Å². The van der Waals surface area contributed by atoms with Crippen LogP contribution >= 0.6 is 0 Å². The number of nitrogens with one attached hydrogen (secondary N) is 1. The molecule has 0 aliphatic rings. The maximum absolute atomic E-state index is 12.7. The van der Waals surface area contributed by atoms with Gasteiger partial charge in [-0.25, -0.2) is 0 Å². The fourth-order valence-corrected chi connectivity index (χ4v) is 2.46. The summed E-state index contributed by atoms with van der Waals surface area (Å²) in [5.74, 6) is 0. The number of alkyl halides is 3. The number of rotatable bonds is 3. The van der Waals surface area contributed by atoms with E-state index in [9.17, 15) is 18.0 Å². The highest BCUT2D eigenvalue weighted by Gasteiger charge is 2.28. The molecule has 0 aliphatic carbocycles. The van der Waals surface area contributed by atoms with Crippen molar-refractivity contribution in [3.63, 3.8) is 0 Å². The summed E-state index contributed by atoms with van der Waals surface area (Å²) in [5.41, 5.74) is 1.85. The van der Waals surface area contributed by atoms with E-state index < -0.39 is 18.2 Å². The molecule has 0 saturated heterocycles.